The third-order valence-corrected chi connectivity index (χ3v) is 13.2. The van der Waals surface area contributed by atoms with Gasteiger partial charge in [-0.1, -0.05) is 32.4 Å². The third kappa shape index (κ3) is 5.28. The summed E-state index contributed by atoms with van der Waals surface area (Å²) in [7, 11) is 0. The molecule has 1 saturated heterocycles. The van der Waals surface area contributed by atoms with E-state index in [-0.39, 0.29) is 43.1 Å². The Morgan fingerprint density at radius 1 is 0.979 bits per heavy atom. The van der Waals surface area contributed by atoms with Crippen LogP contribution in [0.1, 0.15) is 87.5 Å². The van der Waals surface area contributed by atoms with Gasteiger partial charge in [0.2, 0.25) is 12.1 Å². The summed E-state index contributed by atoms with van der Waals surface area (Å²) < 4.78 is 11.5. The van der Waals surface area contributed by atoms with Crippen molar-refractivity contribution in [1.82, 2.24) is 0 Å². The van der Waals surface area contributed by atoms with Crippen molar-refractivity contribution in [3.63, 3.8) is 0 Å². The Labute approximate surface area is 281 Å². The first-order chi connectivity index (χ1) is 21.9. The fourth-order valence-corrected chi connectivity index (χ4v) is 10.2. The Balaban J connectivity index is 1.53. The molecule has 270 valence electrons. The molecule has 4 aliphatic carbocycles. The Hall–Kier alpha value is -2.03. The van der Waals surface area contributed by atoms with Crippen LogP contribution in [0, 0.1) is 39.4 Å². The fraction of sp³-hybridized carbons (Fsp3) is 0.806. The molecule has 5 aliphatic rings. The lowest BCUT2D eigenvalue weighted by Crippen LogP contribution is -2.64. The Morgan fingerprint density at radius 2 is 1.60 bits per heavy atom. The molecule has 1 heterocycles. The zero-order chi connectivity index (χ0) is 36.2. The minimum atomic E-state index is -1.97. The molecular formula is C36H54O12. The molecule has 7 unspecified atom stereocenters. The monoisotopic (exact) mass is 678 g/mol. The maximum Gasteiger partial charge on any atom is 0.229 e. The van der Waals surface area contributed by atoms with E-state index in [1.165, 1.54) is 6.92 Å². The van der Waals surface area contributed by atoms with Gasteiger partial charge in [-0.3, -0.25) is 14.4 Å². The largest absolute Gasteiger partial charge is 0.459 e. The highest BCUT2D eigenvalue weighted by atomic mass is 16.7. The molecule has 1 aliphatic heterocycles. The molecular weight excluding hydrogens is 624 g/mol. The normalized spacial score (nSPS) is 45.3. The lowest BCUT2D eigenvalue weighted by atomic mass is 9.39. The summed E-state index contributed by atoms with van der Waals surface area (Å²) in [6, 6.07) is 0. The molecule has 13 atom stereocenters. The number of aliphatic hydroxyl groups is 7. The van der Waals surface area contributed by atoms with E-state index in [1.54, 1.807) is 33.8 Å². The van der Waals surface area contributed by atoms with Gasteiger partial charge in [0.25, 0.3) is 0 Å². The zero-order valence-electron chi connectivity index (χ0n) is 29.3. The minimum absolute atomic E-state index is 0.0396. The predicted octanol–water partition coefficient (Wildman–Crippen LogP) is 1.10. The number of hydrogen-bond acceptors (Lipinski definition) is 12. The second-order valence-corrected chi connectivity index (χ2v) is 17.1. The van der Waals surface area contributed by atoms with Crippen LogP contribution in [0.2, 0.25) is 0 Å². The molecule has 0 radical (unpaired) electrons. The molecule has 0 aromatic heterocycles. The number of ketones is 3. The average molecular weight is 679 g/mol. The Kier molecular flexibility index (Phi) is 9.12. The smallest absolute Gasteiger partial charge is 0.229 e. The van der Waals surface area contributed by atoms with Gasteiger partial charge in [0.15, 0.2) is 11.5 Å². The van der Waals surface area contributed by atoms with Gasteiger partial charge in [-0.2, -0.15) is 0 Å². The highest BCUT2D eigenvalue weighted by Crippen LogP contribution is 2.74. The van der Waals surface area contributed by atoms with Crippen molar-refractivity contribution in [3.8, 4) is 0 Å². The molecule has 3 fully saturated rings. The summed E-state index contributed by atoms with van der Waals surface area (Å²) in [6.45, 7) is 13.1. The molecule has 0 aromatic carbocycles. The number of rotatable bonds is 8. The van der Waals surface area contributed by atoms with Crippen molar-refractivity contribution in [2.75, 3.05) is 6.61 Å². The van der Waals surface area contributed by atoms with Crippen LogP contribution in [-0.2, 0) is 23.9 Å². The van der Waals surface area contributed by atoms with Crippen LogP contribution in [-0.4, -0.2) is 108 Å². The van der Waals surface area contributed by atoms with Crippen molar-refractivity contribution >= 4 is 17.3 Å². The van der Waals surface area contributed by atoms with Gasteiger partial charge >= 0.3 is 0 Å². The van der Waals surface area contributed by atoms with Crippen LogP contribution in [0.4, 0.5) is 0 Å². The lowest BCUT2D eigenvalue weighted by Gasteiger charge is -2.63. The van der Waals surface area contributed by atoms with Crippen LogP contribution in [0.5, 0.6) is 0 Å². The SMILES string of the molecule is CC(C)(O)CCC(=O)[C@](C)(O)C1[C@H](O)C[C@@]2(C)C3CC=C4[C@@H](C=C(OC5OC(CO)C(O)C(O)C5O)C(=O)C4(C)C)[C@]3(C)C(=O)C[C@]12C. The summed E-state index contributed by atoms with van der Waals surface area (Å²) in [5.74, 6) is -3.21. The van der Waals surface area contributed by atoms with E-state index < -0.39 is 99.7 Å². The maximum atomic E-state index is 14.7. The lowest BCUT2D eigenvalue weighted by molar-refractivity contribution is -0.291. The van der Waals surface area contributed by atoms with Crippen molar-refractivity contribution in [3.05, 3.63) is 23.5 Å². The van der Waals surface area contributed by atoms with Crippen LogP contribution in [0.15, 0.2) is 23.5 Å². The van der Waals surface area contributed by atoms with Crippen molar-refractivity contribution in [2.45, 2.75) is 136 Å². The summed E-state index contributed by atoms with van der Waals surface area (Å²) in [6.07, 6.45) is -4.80. The summed E-state index contributed by atoms with van der Waals surface area (Å²) in [4.78, 5) is 42.0. The van der Waals surface area contributed by atoms with E-state index >= 15 is 0 Å². The molecule has 0 aromatic rings. The van der Waals surface area contributed by atoms with Gasteiger partial charge in [-0.05, 0) is 76.7 Å². The Bertz CT molecular complexity index is 1410. The number of Topliss-reactive ketones (excluding diaryl/α,β-unsaturated/α-hetero) is 3. The molecule has 2 saturated carbocycles. The first-order valence-electron chi connectivity index (χ1n) is 17.0. The molecule has 12 heteroatoms. The fourth-order valence-electron chi connectivity index (χ4n) is 10.2. The zero-order valence-corrected chi connectivity index (χ0v) is 29.3. The summed E-state index contributed by atoms with van der Waals surface area (Å²) in [5.41, 5.74) is -6.30. The first kappa shape index (κ1) is 37.2. The van der Waals surface area contributed by atoms with Crippen molar-refractivity contribution in [2.24, 2.45) is 39.4 Å². The number of hydrogen-bond donors (Lipinski definition) is 7. The molecule has 7 N–H and O–H groups in total. The van der Waals surface area contributed by atoms with Gasteiger partial charge in [0.1, 0.15) is 35.8 Å². The van der Waals surface area contributed by atoms with E-state index in [2.05, 4.69) is 0 Å². The summed E-state index contributed by atoms with van der Waals surface area (Å²) in [5, 5.41) is 74.5. The molecule has 0 bridgehead atoms. The molecule has 12 nitrogen and oxygen atoms in total. The number of carbonyl (C=O) groups excluding carboxylic acids is 3. The Morgan fingerprint density at radius 3 is 2.19 bits per heavy atom. The van der Waals surface area contributed by atoms with Gasteiger partial charge in [-0.15, -0.1) is 0 Å². The van der Waals surface area contributed by atoms with E-state index in [0.29, 0.717) is 6.42 Å². The second-order valence-electron chi connectivity index (χ2n) is 17.1. The van der Waals surface area contributed by atoms with E-state index in [4.69, 9.17) is 9.47 Å². The number of carbonyl (C=O) groups is 3. The quantitative estimate of drug-likeness (QED) is 0.180. The van der Waals surface area contributed by atoms with Crippen molar-refractivity contribution < 1.29 is 59.6 Å². The maximum absolute atomic E-state index is 14.7. The summed E-state index contributed by atoms with van der Waals surface area (Å²) >= 11 is 0. The van der Waals surface area contributed by atoms with E-state index in [0.717, 1.165) is 5.57 Å². The minimum Gasteiger partial charge on any atom is -0.459 e. The van der Waals surface area contributed by atoms with Gasteiger partial charge < -0.3 is 45.2 Å². The predicted molar refractivity (Wildman–Crippen MR) is 171 cm³/mol. The number of ether oxygens (including phenoxy) is 2. The van der Waals surface area contributed by atoms with E-state index in [1.807, 2.05) is 26.8 Å². The van der Waals surface area contributed by atoms with Crippen molar-refractivity contribution in [1.29, 1.82) is 0 Å². The van der Waals surface area contributed by atoms with Crippen LogP contribution in [0.3, 0.4) is 0 Å². The van der Waals surface area contributed by atoms with Gasteiger partial charge in [0, 0.05) is 30.1 Å². The number of fused-ring (bicyclic) bond motifs is 5. The topological polar surface area (TPSA) is 211 Å². The standard InChI is InChI=1S/C36H54O12/c1-31(2,45)12-11-23(39)36(8,46)28-19(38)14-33(5)22-10-9-17-18(35(22,7)24(40)15-34(28,33)6)13-20(29(44)32(17,3)4)47-30-27(43)26(42)25(41)21(16-37)48-30/h9,13,18-19,21-22,25-28,30,37-38,41-43,45-46H,10-12,14-16H2,1-8H3/t18-,19-,21?,22?,25?,26?,27?,28?,30?,33+,34-,35+,36+/m1/s1. The molecule has 0 spiro atoms. The molecule has 48 heavy (non-hydrogen) atoms. The average Bonchev–Trinajstić information content (AvgIpc) is 3.19. The second kappa shape index (κ2) is 11.8. The third-order valence-electron chi connectivity index (χ3n) is 13.2. The first-order valence-corrected chi connectivity index (χ1v) is 17.0. The number of aliphatic hydroxyl groups excluding tert-OH is 5. The van der Waals surface area contributed by atoms with Crippen LogP contribution in [0.25, 0.3) is 0 Å². The highest BCUT2D eigenvalue weighted by molar-refractivity contribution is 6.02. The van der Waals surface area contributed by atoms with E-state index in [9.17, 15) is 50.1 Å². The van der Waals surface area contributed by atoms with Gasteiger partial charge in [-0.25, -0.2) is 0 Å². The number of allylic oxidation sites excluding steroid dienone is 4. The van der Waals surface area contributed by atoms with Crippen LogP contribution >= 0.6 is 0 Å². The highest BCUT2D eigenvalue weighted by Gasteiger charge is 2.74. The molecule has 0 amide bonds. The molecule has 5 rings (SSSR count). The van der Waals surface area contributed by atoms with Crippen LogP contribution < -0.4 is 0 Å². The van der Waals surface area contributed by atoms with Gasteiger partial charge in [0.05, 0.1) is 23.7 Å².